The molecular formula is C22H16BrF3. The van der Waals surface area contributed by atoms with Gasteiger partial charge in [0, 0.05) is 9.89 Å². The van der Waals surface area contributed by atoms with E-state index < -0.39 is 17.0 Å². The Morgan fingerprint density at radius 3 is 1.54 bits per heavy atom. The normalized spacial score (nSPS) is 21.4. The Balaban J connectivity index is 2.00. The van der Waals surface area contributed by atoms with Gasteiger partial charge in [-0.2, -0.15) is 13.2 Å². The van der Waals surface area contributed by atoms with Crippen LogP contribution in [-0.2, 0) is 10.8 Å². The molecule has 4 rings (SSSR count). The van der Waals surface area contributed by atoms with E-state index in [1.54, 1.807) is 72.8 Å². The molecule has 4 heteroatoms. The lowest BCUT2D eigenvalue weighted by atomic mass is 9.76. The molecule has 0 radical (unpaired) electrons. The summed E-state index contributed by atoms with van der Waals surface area (Å²) in [5.74, 6) is 0. The van der Waals surface area contributed by atoms with Crippen molar-refractivity contribution in [3.05, 3.63) is 106 Å². The molecule has 0 aromatic heterocycles. The summed E-state index contributed by atoms with van der Waals surface area (Å²) in [7, 11) is 0. The van der Waals surface area contributed by atoms with Gasteiger partial charge in [0.15, 0.2) is 0 Å². The molecule has 1 atom stereocenters. The SMILES string of the molecule is FC(F)(F)[C@]1(c2ccc(Br)cc2)CC1(c1ccccc1)c1ccccc1. The van der Waals surface area contributed by atoms with Crippen LogP contribution in [-0.4, -0.2) is 6.18 Å². The fourth-order valence-electron chi connectivity index (χ4n) is 4.25. The van der Waals surface area contributed by atoms with Crippen LogP contribution in [0.15, 0.2) is 89.4 Å². The van der Waals surface area contributed by atoms with Gasteiger partial charge in [0.2, 0.25) is 0 Å². The van der Waals surface area contributed by atoms with E-state index in [2.05, 4.69) is 15.9 Å². The second kappa shape index (κ2) is 5.98. The molecule has 3 aromatic carbocycles. The van der Waals surface area contributed by atoms with Gasteiger partial charge in [0.25, 0.3) is 0 Å². The quantitative estimate of drug-likeness (QED) is 0.448. The predicted octanol–water partition coefficient (Wildman–Crippen LogP) is 6.64. The van der Waals surface area contributed by atoms with Crippen molar-refractivity contribution in [2.45, 2.75) is 23.4 Å². The van der Waals surface area contributed by atoms with E-state index in [-0.39, 0.29) is 6.42 Å². The van der Waals surface area contributed by atoms with Crippen LogP contribution in [0.4, 0.5) is 13.2 Å². The molecule has 0 aliphatic heterocycles. The summed E-state index contributed by atoms with van der Waals surface area (Å²) in [5.41, 5.74) is -1.33. The second-order valence-corrected chi connectivity index (χ2v) is 7.64. The fraction of sp³-hybridized carbons (Fsp3) is 0.182. The summed E-state index contributed by atoms with van der Waals surface area (Å²) < 4.78 is 44.4. The molecule has 0 heterocycles. The summed E-state index contributed by atoms with van der Waals surface area (Å²) in [6.45, 7) is 0. The van der Waals surface area contributed by atoms with E-state index in [4.69, 9.17) is 0 Å². The van der Waals surface area contributed by atoms with E-state index in [9.17, 15) is 13.2 Å². The van der Waals surface area contributed by atoms with Crippen molar-refractivity contribution in [2.75, 3.05) is 0 Å². The van der Waals surface area contributed by atoms with Crippen molar-refractivity contribution < 1.29 is 13.2 Å². The summed E-state index contributed by atoms with van der Waals surface area (Å²) >= 11 is 3.32. The third kappa shape index (κ3) is 2.35. The lowest BCUT2D eigenvalue weighted by Crippen LogP contribution is -2.37. The Bertz CT molecular complexity index is 862. The first kappa shape index (κ1) is 17.3. The highest BCUT2D eigenvalue weighted by Gasteiger charge is 2.81. The average Bonchev–Trinajstić information content (AvgIpc) is 3.37. The summed E-state index contributed by atoms with van der Waals surface area (Å²) in [5, 5.41) is 0. The molecule has 132 valence electrons. The van der Waals surface area contributed by atoms with E-state index in [0.717, 1.165) is 4.47 Å². The van der Waals surface area contributed by atoms with Gasteiger partial charge >= 0.3 is 6.18 Å². The van der Waals surface area contributed by atoms with Crippen LogP contribution in [0.2, 0.25) is 0 Å². The highest BCUT2D eigenvalue weighted by molar-refractivity contribution is 9.10. The van der Waals surface area contributed by atoms with E-state index in [0.29, 0.717) is 16.7 Å². The molecule has 0 spiro atoms. The molecule has 1 aliphatic rings. The number of rotatable bonds is 3. The molecule has 3 aromatic rings. The maximum Gasteiger partial charge on any atom is 0.399 e. The van der Waals surface area contributed by atoms with Crippen LogP contribution in [0.25, 0.3) is 0 Å². The Labute approximate surface area is 158 Å². The van der Waals surface area contributed by atoms with Gasteiger partial charge in [-0.3, -0.25) is 0 Å². The van der Waals surface area contributed by atoms with E-state index >= 15 is 0 Å². The molecule has 1 saturated carbocycles. The molecule has 0 unspecified atom stereocenters. The maximum atomic E-state index is 14.5. The minimum absolute atomic E-state index is 0.0131. The number of hydrogen-bond acceptors (Lipinski definition) is 0. The number of benzene rings is 3. The minimum atomic E-state index is -4.37. The first-order valence-electron chi connectivity index (χ1n) is 8.36. The van der Waals surface area contributed by atoms with Crippen molar-refractivity contribution in [3.63, 3.8) is 0 Å². The Hall–Kier alpha value is -2.07. The monoisotopic (exact) mass is 416 g/mol. The fourth-order valence-corrected chi connectivity index (χ4v) is 4.52. The Kier molecular flexibility index (Phi) is 3.99. The second-order valence-electron chi connectivity index (χ2n) is 6.72. The zero-order valence-electron chi connectivity index (χ0n) is 13.8. The molecule has 1 aliphatic carbocycles. The summed E-state index contributed by atoms with van der Waals surface area (Å²) in [6.07, 6.45) is -4.36. The van der Waals surface area contributed by atoms with Crippen LogP contribution >= 0.6 is 15.9 Å². The Morgan fingerprint density at radius 1 is 0.654 bits per heavy atom. The van der Waals surface area contributed by atoms with Gasteiger partial charge in [-0.05, 0) is 35.2 Å². The van der Waals surface area contributed by atoms with Crippen LogP contribution in [0.5, 0.6) is 0 Å². The van der Waals surface area contributed by atoms with Gasteiger partial charge in [-0.25, -0.2) is 0 Å². The molecule has 26 heavy (non-hydrogen) atoms. The molecule has 0 saturated heterocycles. The molecule has 0 bridgehead atoms. The van der Waals surface area contributed by atoms with Crippen molar-refractivity contribution in [3.8, 4) is 0 Å². The molecular weight excluding hydrogens is 401 g/mol. The molecule has 1 fully saturated rings. The van der Waals surface area contributed by atoms with Crippen LogP contribution in [0.3, 0.4) is 0 Å². The van der Waals surface area contributed by atoms with Crippen molar-refractivity contribution in [2.24, 2.45) is 0 Å². The first-order chi connectivity index (χ1) is 12.4. The zero-order valence-corrected chi connectivity index (χ0v) is 15.4. The zero-order chi connectivity index (χ0) is 18.4. The third-order valence-electron chi connectivity index (χ3n) is 5.49. The smallest absolute Gasteiger partial charge is 0.170 e. The number of alkyl halides is 3. The summed E-state index contributed by atoms with van der Waals surface area (Å²) in [4.78, 5) is 0. The van der Waals surface area contributed by atoms with Gasteiger partial charge in [0.05, 0.1) is 0 Å². The Morgan fingerprint density at radius 2 is 1.12 bits per heavy atom. The molecule has 0 amide bonds. The van der Waals surface area contributed by atoms with E-state index in [1.165, 1.54) is 0 Å². The third-order valence-corrected chi connectivity index (χ3v) is 6.02. The lowest BCUT2D eigenvalue weighted by Gasteiger charge is -2.30. The van der Waals surface area contributed by atoms with Gasteiger partial charge in [0.1, 0.15) is 5.41 Å². The molecule has 0 nitrogen and oxygen atoms in total. The minimum Gasteiger partial charge on any atom is -0.170 e. The molecule has 0 N–H and O–H groups in total. The van der Waals surface area contributed by atoms with E-state index in [1.807, 2.05) is 12.1 Å². The largest absolute Gasteiger partial charge is 0.399 e. The number of hydrogen-bond donors (Lipinski definition) is 0. The standard InChI is InChI=1S/C22H16BrF3/c23-19-13-11-18(12-14-19)21(22(24,25)26)15-20(21,16-7-3-1-4-8-16)17-9-5-2-6-10-17/h1-14H,15H2/t21-/m0/s1. The van der Waals surface area contributed by atoms with Crippen molar-refractivity contribution in [1.29, 1.82) is 0 Å². The van der Waals surface area contributed by atoms with Gasteiger partial charge in [-0.15, -0.1) is 0 Å². The van der Waals surface area contributed by atoms with Crippen LogP contribution in [0.1, 0.15) is 23.1 Å². The summed E-state index contributed by atoms with van der Waals surface area (Å²) in [6, 6.07) is 24.7. The van der Waals surface area contributed by atoms with Gasteiger partial charge < -0.3 is 0 Å². The number of halogens is 4. The van der Waals surface area contributed by atoms with Gasteiger partial charge in [-0.1, -0.05) is 88.7 Å². The average molecular weight is 417 g/mol. The topological polar surface area (TPSA) is 0 Å². The van der Waals surface area contributed by atoms with Crippen LogP contribution in [0, 0.1) is 0 Å². The predicted molar refractivity (Wildman–Crippen MR) is 100 cm³/mol. The lowest BCUT2D eigenvalue weighted by molar-refractivity contribution is -0.165. The maximum absolute atomic E-state index is 14.5. The highest BCUT2D eigenvalue weighted by atomic mass is 79.9. The first-order valence-corrected chi connectivity index (χ1v) is 9.15. The highest BCUT2D eigenvalue weighted by Crippen LogP contribution is 2.74. The van der Waals surface area contributed by atoms with Crippen molar-refractivity contribution in [1.82, 2.24) is 0 Å². The van der Waals surface area contributed by atoms with Crippen molar-refractivity contribution >= 4 is 15.9 Å². The van der Waals surface area contributed by atoms with Crippen LogP contribution < -0.4 is 0 Å².